The molecule has 0 radical (unpaired) electrons. The molecule has 0 fully saturated rings. The lowest BCUT2D eigenvalue weighted by Gasteiger charge is -2.00. The van der Waals surface area contributed by atoms with Crippen molar-refractivity contribution in [3.05, 3.63) is 51.6 Å². The van der Waals surface area contributed by atoms with Crippen molar-refractivity contribution in [1.29, 1.82) is 0 Å². The number of aromatic hydroxyl groups is 1. The summed E-state index contributed by atoms with van der Waals surface area (Å²) in [5.74, 6) is 0.0344. The third kappa shape index (κ3) is 3.25. The molecule has 23 heavy (non-hydrogen) atoms. The van der Waals surface area contributed by atoms with E-state index in [1.165, 1.54) is 18.3 Å². The zero-order valence-corrected chi connectivity index (χ0v) is 15.1. The Hall–Kier alpha value is -1.87. The second kappa shape index (κ2) is 5.97. The zero-order valence-electron chi connectivity index (χ0n) is 12.1. The van der Waals surface area contributed by atoms with Gasteiger partial charge in [0, 0.05) is 21.4 Å². The second-order valence-electron chi connectivity index (χ2n) is 5.08. The number of hydrogen-bond donors (Lipinski definition) is 2. The van der Waals surface area contributed by atoms with Gasteiger partial charge in [-0.05, 0) is 52.9 Å². The molecule has 118 valence electrons. The van der Waals surface area contributed by atoms with Gasteiger partial charge < -0.3 is 10.1 Å². The van der Waals surface area contributed by atoms with E-state index < -0.39 is 9.84 Å². The number of H-pyrrole nitrogens is 1. The van der Waals surface area contributed by atoms with Gasteiger partial charge in [-0.1, -0.05) is 12.1 Å². The average Bonchev–Trinajstić information content (AvgIpc) is 2.81. The average molecular weight is 440 g/mol. The number of hydrogen-bond acceptors (Lipinski definition) is 4. The van der Waals surface area contributed by atoms with Gasteiger partial charge in [0.25, 0.3) is 0 Å². The maximum Gasteiger partial charge on any atom is 0.198 e. The van der Waals surface area contributed by atoms with Crippen molar-refractivity contribution in [3.8, 4) is 5.88 Å². The van der Waals surface area contributed by atoms with Crippen LogP contribution in [0.4, 0.5) is 5.69 Å². The fourth-order valence-corrected chi connectivity index (χ4v) is 3.72. The Bertz CT molecular complexity index is 1020. The first-order valence-corrected chi connectivity index (χ1v) is 9.66. The molecule has 5 nitrogen and oxygen atoms in total. The maximum atomic E-state index is 11.6. The molecule has 0 aliphatic rings. The quantitative estimate of drug-likeness (QED) is 0.482. The standard InChI is InChI=1S/C16H13IN2O3S/c1-23(21,22)11-5-2-4-10(8-11)18-9-12-15-13(17)6-3-7-14(15)19-16(12)20/h2-9,19-20H,1H3. The van der Waals surface area contributed by atoms with Crippen LogP contribution in [0.1, 0.15) is 5.56 Å². The van der Waals surface area contributed by atoms with Gasteiger partial charge in [0.1, 0.15) is 0 Å². The van der Waals surface area contributed by atoms with Gasteiger partial charge in [-0.3, -0.25) is 4.99 Å². The monoisotopic (exact) mass is 440 g/mol. The molecule has 3 aromatic rings. The number of benzene rings is 2. The predicted octanol–water partition coefficient (Wildman–Crippen LogP) is 3.63. The van der Waals surface area contributed by atoms with Gasteiger partial charge in [0.2, 0.25) is 0 Å². The molecule has 3 rings (SSSR count). The number of halogens is 1. The predicted molar refractivity (Wildman–Crippen MR) is 99.5 cm³/mol. The maximum absolute atomic E-state index is 11.6. The Kier molecular flexibility index (Phi) is 4.15. The third-order valence-corrected chi connectivity index (χ3v) is 5.39. The van der Waals surface area contributed by atoms with Crippen LogP contribution in [-0.2, 0) is 9.84 Å². The summed E-state index contributed by atoms with van der Waals surface area (Å²) >= 11 is 2.20. The fraction of sp³-hybridized carbons (Fsp3) is 0.0625. The summed E-state index contributed by atoms with van der Waals surface area (Å²) in [5.41, 5.74) is 1.91. The summed E-state index contributed by atoms with van der Waals surface area (Å²) in [6.45, 7) is 0. The molecule has 2 N–H and O–H groups in total. The van der Waals surface area contributed by atoms with Crippen LogP contribution in [0.5, 0.6) is 5.88 Å². The minimum Gasteiger partial charge on any atom is -0.494 e. The number of sulfone groups is 1. The van der Waals surface area contributed by atoms with E-state index in [1.54, 1.807) is 12.1 Å². The molecule has 7 heteroatoms. The SMILES string of the molecule is CS(=O)(=O)c1cccc(N=Cc2c(O)[nH]c3cccc(I)c23)c1. The van der Waals surface area contributed by atoms with Crippen molar-refractivity contribution in [2.75, 3.05) is 6.26 Å². The first-order valence-electron chi connectivity index (χ1n) is 6.69. The van der Waals surface area contributed by atoms with Crippen molar-refractivity contribution < 1.29 is 13.5 Å². The van der Waals surface area contributed by atoms with Gasteiger partial charge in [-0.2, -0.15) is 0 Å². The van der Waals surface area contributed by atoms with E-state index in [0.29, 0.717) is 11.3 Å². The Morgan fingerprint density at radius 2 is 1.96 bits per heavy atom. The van der Waals surface area contributed by atoms with Crippen molar-refractivity contribution in [2.24, 2.45) is 4.99 Å². The zero-order chi connectivity index (χ0) is 16.6. The van der Waals surface area contributed by atoms with Crippen LogP contribution in [0.2, 0.25) is 0 Å². The molecule has 1 heterocycles. The van der Waals surface area contributed by atoms with Crippen LogP contribution in [0.15, 0.2) is 52.4 Å². The van der Waals surface area contributed by atoms with E-state index in [1.807, 2.05) is 18.2 Å². The molecule has 0 aliphatic heterocycles. The van der Waals surface area contributed by atoms with Gasteiger partial charge in [-0.15, -0.1) is 0 Å². The highest BCUT2D eigenvalue weighted by Gasteiger charge is 2.12. The molecular weight excluding hydrogens is 427 g/mol. The number of nitrogens with zero attached hydrogens (tertiary/aromatic N) is 1. The van der Waals surface area contributed by atoms with Crippen LogP contribution in [-0.4, -0.2) is 31.0 Å². The van der Waals surface area contributed by atoms with Gasteiger partial charge in [0.05, 0.1) is 21.7 Å². The summed E-state index contributed by atoms with van der Waals surface area (Å²) in [5, 5.41) is 11.0. The summed E-state index contributed by atoms with van der Waals surface area (Å²) in [6.07, 6.45) is 2.70. The third-order valence-electron chi connectivity index (χ3n) is 3.38. The lowest BCUT2D eigenvalue weighted by atomic mass is 10.2. The first-order chi connectivity index (χ1) is 10.9. The number of nitrogens with one attached hydrogen (secondary N) is 1. The van der Waals surface area contributed by atoms with Crippen LogP contribution in [0.3, 0.4) is 0 Å². The van der Waals surface area contributed by atoms with Crippen LogP contribution >= 0.6 is 22.6 Å². The molecule has 0 amide bonds. The largest absolute Gasteiger partial charge is 0.494 e. The number of aliphatic imine (C=N–C) groups is 1. The Labute approximate surface area is 147 Å². The highest BCUT2D eigenvalue weighted by molar-refractivity contribution is 14.1. The molecule has 0 saturated heterocycles. The van der Waals surface area contributed by atoms with Crippen molar-refractivity contribution in [2.45, 2.75) is 4.90 Å². The van der Waals surface area contributed by atoms with Gasteiger partial charge in [0.15, 0.2) is 15.7 Å². The number of fused-ring (bicyclic) bond motifs is 1. The van der Waals surface area contributed by atoms with Crippen molar-refractivity contribution in [3.63, 3.8) is 0 Å². The Morgan fingerprint density at radius 1 is 1.22 bits per heavy atom. The number of aromatic nitrogens is 1. The van der Waals surface area contributed by atoms with E-state index in [2.05, 4.69) is 32.6 Å². The highest BCUT2D eigenvalue weighted by atomic mass is 127. The normalized spacial score (nSPS) is 12.3. The molecule has 0 bridgehead atoms. The van der Waals surface area contributed by atoms with E-state index in [9.17, 15) is 13.5 Å². The van der Waals surface area contributed by atoms with E-state index in [-0.39, 0.29) is 10.8 Å². The van der Waals surface area contributed by atoms with Gasteiger partial charge in [-0.25, -0.2) is 8.42 Å². The van der Waals surface area contributed by atoms with Crippen LogP contribution < -0.4 is 0 Å². The topological polar surface area (TPSA) is 82.5 Å². The van der Waals surface area contributed by atoms with Crippen molar-refractivity contribution in [1.82, 2.24) is 4.98 Å². The summed E-state index contributed by atoms with van der Waals surface area (Å²) in [7, 11) is -3.28. The van der Waals surface area contributed by atoms with Gasteiger partial charge >= 0.3 is 0 Å². The first kappa shape index (κ1) is 16.0. The van der Waals surface area contributed by atoms with Crippen LogP contribution in [0.25, 0.3) is 10.9 Å². The van der Waals surface area contributed by atoms with E-state index in [4.69, 9.17) is 0 Å². The Balaban J connectivity index is 2.06. The lowest BCUT2D eigenvalue weighted by molar-refractivity contribution is 0.457. The van der Waals surface area contributed by atoms with E-state index >= 15 is 0 Å². The fourth-order valence-electron chi connectivity index (χ4n) is 2.27. The number of aromatic amines is 1. The molecule has 0 unspecified atom stereocenters. The molecule has 0 atom stereocenters. The summed E-state index contributed by atoms with van der Waals surface area (Å²) < 4.78 is 24.2. The Morgan fingerprint density at radius 3 is 2.70 bits per heavy atom. The summed E-state index contributed by atoms with van der Waals surface area (Å²) in [4.78, 5) is 7.42. The minimum atomic E-state index is -3.28. The molecule has 0 spiro atoms. The second-order valence-corrected chi connectivity index (χ2v) is 8.26. The molecule has 1 aromatic heterocycles. The summed E-state index contributed by atoms with van der Waals surface area (Å²) in [6, 6.07) is 12.1. The lowest BCUT2D eigenvalue weighted by Crippen LogP contribution is -1.95. The number of rotatable bonds is 3. The van der Waals surface area contributed by atoms with Crippen LogP contribution in [0, 0.1) is 3.57 Å². The highest BCUT2D eigenvalue weighted by Crippen LogP contribution is 2.30. The van der Waals surface area contributed by atoms with E-state index in [0.717, 1.165) is 20.7 Å². The smallest absolute Gasteiger partial charge is 0.198 e. The molecule has 2 aromatic carbocycles. The minimum absolute atomic E-state index is 0.0344. The molecule has 0 saturated carbocycles. The molecular formula is C16H13IN2O3S. The van der Waals surface area contributed by atoms with Crippen molar-refractivity contribution >= 4 is 55.2 Å². The molecule has 0 aliphatic carbocycles.